The first-order chi connectivity index (χ1) is 9.58. The maximum Gasteiger partial charge on any atom is 0.249 e. The molecule has 1 heterocycles. The predicted molar refractivity (Wildman–Crippen MR) is 76.0 cm³/mol. The molecule has 0 radical (unpaired) electrons. The molecule has 5 N–H and O–H groups in total. The van der Waals surface area contributed by atoms with E-state index in [9.17, 15) is 15.0 Å². The number of carbonyl (C=O) groups excluding carboxylic acids is 1. The van der Waals surface area contributed by atoms with Crippen molar-refractivity contribution < 1.29 is 15.0 Å². The van der Waals surface area contributed by atoms with Crippen LogP contribution in [0.15, 0.2) is 42.5 Å². The van der Waals surface area contributed by atoms with Crippen LogP contribution in [-0.2, 0) is 4.79 Å². The molecule has 1 aromatic heterocycles. The molecule has 0 fully saturated rings. The van der Waals surface area contributed by atoms with E-state index >= 15 is 0 Å². The summed E-state index contributed by atoms with van der Waals surface area (Å²) >= 11 is 0. The fourth-order valence-electron chi connectivity index (χ4n) is 2.39. The Hall–Kier alpha value is -2.37. The summed E-state index contributed by atoms with van der Waals surface area (Å²) in [5.41, 5.74) is 7.25. The van der Waals surface area contributed by atoms with E-state index in [-0.39, 0.29) is 0 Å². The highest BCUT2D eigenvalue weighted by atomic mass is 16.3. The molecule has 2 unspecified atom stereocenters. The summed E-state index contributed by atoms with van der Waals surface area (Å²) in [6.45, 7) is 0. The molecule has 0 aliphatic rings. The van der Waals surface area contributed by atoms with Crippen molar-refractivity contribution in [3.05, 3.63) is 48.0 Å². The number of amides is 1. The lowest BCUT2D eigenvalue weighted by Gasteiger charge is -2.15. The molecule has 5 heteroatoms. The minimum absolute atomic E-state index is 0.440. The Bertz CT molecular complexity index is 794. The average molecular weight is 270 g/mol. The van der Waals surface area contributed by atoms with Crippen LogP contribution in [0.5, 0.6) is 0 Å². The predicted octanol–water partition coefficient (Wildman–Crippen LogP) is 1.20. The molecule has 5 nitrogen and oxygen atoms in total. The summed E-state index contributed by atoms with van der Waals surface area (Å²) in [7, 11) is 0. The monoisotopic (exact) mass is 270 g/mol. The van der Waals surface area contributed by atoms with E-state index in [1.807, 2.05) is 30.3 Å². The standard InChI is InChI=1S/C15H14N2O3/c16-15(20)14(19)13(18)8-5-6-10-9-3-1-2-4-11(9)17-12(10)7-8/h1-7,13-14,17-19H,(H2,16,20). The van der Waals surface area contributed by atoms with Crippen LogP contribution in [0.3, 0.4) is 0 Å². The van der Waals surface area contributed by atoms with Crippen molar-refractivity contribution in [2.45, 2.75) is 12.2 Å². The normalized spacial score (nSPS) is 14.5. The van der Waals surface area contributed by atoms with E-state index in [0.29, 0.717) is 5.56 Å². The minimum atomic E-state index is -1.61. The number of para-hydroxylation sites is 1. The van der Waals surface area contributed by atoms with E-state index in [0.717, 1.165) is 21.8 Å². The number of hydrogen-bond donors (Lipinski definition) is 4. The Labute approximate surface area is 114 Å². The van der Waals surface area contributed by atoms with Crippen molar-refractivity contribution in [3.8, 4) is 0 Å². The van der Waals surface area contributed by atoms with Gasteiger partial charge in [-0.2, -0.15) is 0 Å². The zero-order valence-corrected chi connectivity index (χ0v) is 10.6. The second-order valence-corrected chi connectivity index (χ2v) is 4.77. The molecular weight excluding hydrogens is 256 g/mol. The Morgan fingerprint density at radius 2 is 1.75 bits per heavy atom. The van der Waals surface area contributed by atoms with Gasteiger partial charge in [-0.15, -0.1) is 0 Å². The summed E-state index contributed by atoms with van der Waals surface area (Å²) in [4.78, 5) is 14.2. The van der Waals surface area contributed by atoms with Crippen LogP contribution in [0.2, 0.25) is 0 Å². The van der Waals surface area contributed by atoms with E-state index in [1.165, 1.54) is 0 Å². The Balaban J connectivity index is 2.11. The Morgan fingerprint density at radius 3 is 2.50 bits per heavy atom. The number of aromatic nitrogens is 1. The summed E-state index contributed by atoms with van der Waals surface area (Å²) in [5.74, 6) is -0.950. The molecule has 0 spiro atoms. The highest BCUT2D eigenvalue weighted by Gasteiger charge is 2.23. The van der Waals surface area contributed by atoms with Gasteiger partial charge < -0.3 is 20.9 Å². The van der Waals surface area contributed by atoms with Crippen molar-refractivity contribution in [2.24, 2.45) is 5.73 Å². The first-order valence-corrected chi connectivity index (χ1v) is 6.24. The van der Waals surface area contributed by atoms with E-state index < -0.39 is 18.1 Å². The fourth-order valence-corrected chi connectivity index (χ4v) is 2.39. The maximum atomic E-state index is 10.9. The summed E-state index contributed by atoms with van der Waals surface area (Å²) in [5, 5.41) is 21.6. The lowest BCUT2D eigenvalue weighted by molar-refractivity contribution is -0.131. The molecule has 0 saturated carbocycles. The van der Waals surface area contributed by atoms with Crippen LogP contribution >= 0.6 is 0 Å². The minimum Gasteiger partial charge on any atom is -0.385 e. The Kier molecular flexibility index (Phi) is 2.93. The van der Waals surface area contributed by atoms with Gasteiger partial charge in [0.15, 0.2) is 6.10 Å². The molecule has 0 aliphatic carbocycles. The highest BCUT2D eigenvalue weighted by molar-refractivity contribution is 6.07. The molecule has 1 amide bonds. The van der Waals surface area contributed by atoms with E-state index in [2.05, 4.69) is 4.98 Å². The zero-order chi connectivity index (χ0) is 14.3. The first kappa shape index (κ1) is 12.7. The second kappa shape index (κ2) is 4.63. The number of H-pyrrole nitrogens is 1. The number of nitrogens with one attached hydrogen (secondary N) is 1. The number of hydrogen-bond acceptors (Lipinski definition) is 3. The van der Waals surface area contributed by atoms with Gasteiger partial charge in [0, 0.05) is 21.8 Å². The highest BCUT2D eigenvalue weighted by Crippen LogP contribution is 2.28. The number of aromatic amines is 1. The van der Waals surface area contributed by atoms with Gasteiger partial charge in [-0.25, -0.2) is 0 Å². The molecular formula is C15H14N2O3. The SMILES string of the molecule is NC(=O)C(O)C(O)c1ccc2c(c1)[nH]c1ccccc12. The Morgan fingerprint density at radius 1 is 1.05 bits per heavy atom. The molecule has 0 saturated heterocycles. The summed E-state index contributed by atoms with van der Waals surface area (Å²) in [6.07, 6.45) is -2.94. The van der Waals surface area contributed by atoms with Crippen LogP contribution in [0.4, 0.5) is 0 Å². The van der Waals surface area contributed by atoms with Gasteiger partial charge in [0.2, 0.25) is 5.91 Å². The molecule has 3 aromatic rings. The number of rotatable bonds is 3. The molecule has 0 aliphatic heterocycles. The van der Waals surface area contributed by atoms with Crippen LogP contribution in [0.25, 0.3) is 21.8 Å². The summed E-state index contributed by atoms with van der Waals surface area (Å²) in [6, 6.07) is 13.1. The van der Waals surface area contributed by atoms with Gasteiger partial charge in [0.05, 0.1) is 0 Å². The van der Waals surface area contributed by atoms with Gasteiger partial charge in [0.1, 0.15) is 6.10 Å². The lowest BCUT2D eigenvalue weighted by atomic mass is 10.0. The van der Waals surface area contributed by atoms with Crippen molar-refractivity contribution in [2.75, 3.05) is 0 Å². The van der Waals surface area contributed by atoms with Crippen LogP contribution in [-0.4, -0.2) is 27.2 Å². The molecule has 2 atom stereocenters. The first-order valence-electron chi connectivity index (χ1n) is 6.24. The lowest BCUT2D eigenvalue weighted by Crippen LogP contribution is -2.33. The van der Waals surface area contributed by atoms with Gasteiger partial charge in [-0.1, -0.05) is 30.3 Å². The van der Waals surface area contributed by atoms with Crippen molar-refractivity contribution >= 4 is 27.7 Å². The van der Waals surface area contributed by atoms with Gasteiger partial charge >= 0.3 is 0 Å². The smallest absolute Gasteiger partial charge is 0.249 e. The third-order valence-electron chi connectivity index (χ3n) is 3.46. The number of aliphatic hydroxyl groups is 2. The third kappa shape index (κ3) is 1.93. The van der Waals surface area contributed by atoms with Gasteiger partial charge in [0.25, 0.3) is 0 Å². The third-order valence-corrected chi connectivity index (χ3v) is 3.46. The maximum absolute atomic E-state index is 10.9. The second-order valence-electron chi connectivity index (χ2n) is 4.77. The van der Waals surface area contributed by atoms with E-state index in [4.69, 9.17) is 5.73 Å². The fraction of sp³-hybridized carbons (Fsp3) is 0.133. The van der Waals surface area contributed by atoms with Crippen LogP contribution in [0, 0.1) is 0 Å². The zero-order valence-electron chi connectivity index (χ0n) is 10.6. The van der Waals surface area contributed by atoms with Gasteiger partial charge in [-0.05, 0) is 17.7 Å². The van der Waals surface area contributed by atoms with Crippen molar-refractivity contribution in [3.63, 3.8) is 0 Å². The van der Waals surface area contributed by atoms with Crippen LogP contribution < -0.4 is 5.73 Å². The number of carbonyl (C=O) groups is 1. The van der Waals surface area contributed by atoms with Crippen molar-refractivity contribution in [1.29, 1.82) is 0 Å². The molecule has 20 heavy (non-hydrogen) atoms. The average Bonchev–Trinajstić information content (AvgIpc) is 2.83. The van der Waals surface area contributed by atoms with Crippen molar-refractivity contribution in [1.82, 2.24) is 4.98 Å². The molecule has 3 rings (SSSR count). The molecule has 2 aromatic carbocycles. The van der Waals surface area contributed by atoms with Crippen LogP contribution in [0.1, 0.15) is 11.7 Å². The largest absolute Gasteiger partial charge is 0.385 e. The number of aliphatic hydroxyl groups excluding tert-OH is 2. The molecule has 102 valence electrons. The topological polar surface area (TPSA) is 99.3 Å². The number of primary amides is 1. The number of nitrogens with two attached hydrogens (primary N) is 1. The summed E-state index contributed by atoms with van der Waals surface area (Å²) < 4.78 is 0. The van der Waals surface area contributed by atoms with E-state index in [1.54, 1.807) is 12.1 Å². The van der Waals surface area contributed by atoms with Gasteiger partial charge in [-0.3, -0.25) is 4.79 Å². The number of fused-ring (bicyclic) bond motifs is 3. The number of benzene rings is 2. The molecule has 0 bridgehead atoms. The quantitative estimate of drug-likeness (QED) is 0.575.